The fourth-order valence-electron chi connectivity index (χ4n) is 3.96. The molecule has 1 aliphatic heterocycles. The van der Waals surface area contributed by atoms with Crippen molar-refractivity contribution in [3.63, 3.8) is 0 Å². The third kappa shape index (κ3) is 3.67. The number of fused-ring (bicyclic) bond motifs is 1. The van der Waals surface area contributed by atoms with Crippen molar-refractivity contribution in [2.45, 2.75) is 25.9 Å². The zero-order valence-corrected chi connectivity index (χ0v) is 16.1. The molecule has 3 aromatic rings. The van der Waals surface area contributed by atoms with Crippen LogP contribution in [0.5, 0.6) is 0 Å². The lowest BCUT2D eigenvalue weighted by molar-refractivity contribution is 0.244. The minimum Gasteiger partial charge on any atom is -0.369 e. The Balaban J connectivity index is 1.24. The molecule has 0 N–H and O–H groups in total. The van der Waals surface area contributed by atoms with Crippen molar-refractivity contribution in [3.05, 3.63) is 53.3 Å². The molecular weight excluding hydrogens is 352 g/mol. The summed E-state index contributed by atoms with van der Waals surface area (Å²) >= 11 is 0. The Morgan fingerprint density at radius 3 is 2.68 bits per heavy atom. The molecule has 0 amide bonds. The average Bonchev–Trinajstić information content (AvgIpc) is 3.39. The Labute approximate surface area is 164 Å². The molecule has 7 heteroatoms. The third-order valence-electron chi connectivity index (χ3n) is 5.90. The number of anilines is 1. The molecule has 0 unspecified atom stereocenters. The van der Waals surface area contributed by atoms with Gasteiger partial charge in [0.05, 0.1) is 23.8 Å². The number of aromatic nitrogens is 4. The summed E-state index contributed by atoms with van der Waals surface area (Å²) in [5, 5.41) is 5.00. The SMILES string of the molecule is O=c1c2ccc(N3CCN(CCn4cccn4)CC3)cc2ncn1CC1CC1. The number of hydrogen-bond acceptors (Lipinski definition) is 5. The molecule has 2 aliphatic rings. The van der Waals surface area contributed by atoms with E-state index in [9.17, 15) is 4.79 Å². The quantitative estimate of drug-likeness (QED) is 0.655. The van der Waals surface area contributed by atoms with Crippen LogP contribution in [0.4, 0.5) is 5.69 Å². The summed E-state index contributed by atoms with van der Waals surface area (Å²) < 4.78 is 3.76. The Morgan fingerprint density at radius 2 is 1.93 bits per heavy atom. The summed E-state index contributed by atoms with van der Waals surface area (Å²) in [5.74, 6) is 0.667. The maximum atomic E-state index is 12.7. The lowest BCUT2D eigenvalue weighted by Gasteiger charge is -2.36. The second-order valence-corrected chi connectivity index (χ2v) is 7.94. The molecular formula is C21H26N6O. The fraction of sp³-hybridized carbons (Fsp3) is 0.476. The summed E-state index contributed by atoms with van der Waals surface area (Å²) in [6.07, 6.45) is 8.03. The van der Waals surface area contributed by atoms with Gasteiger partial charge >= 0.3 is 0 Å². The van der Waals surface area contributed by atoms with E-state index < -0.39 is 0 Å². The Kier molecular flexibility index (Phi) is 4.60. The van der Waals surface area contributed by atoms with E-state index in [1.807, 2.05) is 29.2 Å². The van der Waals surface area contributed by atoms with Crippen LogP contribution in [0.15, 0.2) is 47.8 Å². The predicted molar refractivity (Wildman–Crippen MR) is 110 cm³/mol. The van der Waals surface area contributed by atoms with Gasteiger partial charge in [-0.05, 0) is 43.0 Å². The number of rotatable bonds is 6. The lowest BCUT2D eigenvalue weighted by atomic mass is 10.2. The Bertz CT molecular complexity index is 999. The van der Waals surface area contributed by atoms with Gasteiger partial charge in [0.25, 0.3) is 5.56 Å². The molecule has 0 atom stereocenters. The van der Waals surface area contributed by atoms with Gasteiger partial charge in [-0.15, -0.1) is 0 Å². The molecule has 2 aromatic heterocycles. The zero-order chi connectivity index (χ0) is 18.9. The molecule has 5 rings (SSSR count). The molecule has 3 heterocycles. The van der Waals surface area contributed by atoms with Gasteiger partial charge in [0.2, 0.25) is 0 Å². The van der Waals surface area contributed by atoms with Gasteiger partial charge in [-0.3, -0.25) is 18.9 Å². The molecule has 146 valence electrons. The van der Waals surface area contributed by atoms with Crippen molar-refractivity contribution < 1.29 is 0 Å². The fourth-order valence-corrected chi connectivity index (χ4v) is 3.96. The minimum atomic E-state index is 0.0897. The van der Waals surface area contributed by atoms with Crippen LogP contribution in [-0.2, 0) is 13.1 Å². The van der Waals surface area contributed by atoms with E-state index in [1.54, 1.807) is 10.9 Å². The van der Waals surface area contributed by atoms with Crippen molar-refractivity contribution in [1.29, 1.82) is 0 Å². The first-order chi connectivity index (χ1) is 13.8. The van der Waals surface area contributed by atoms with Crippen LogP contribution >= 0.6 is 0 Å². The highest BCUT2D eigenvalue weighted by atomic mass is 16.1. The van der Waals surface area contributed by atoms with Crippen LogP contribution in [0.1, 0.15) is 12.8 Å². The van der Waals surface area contributed by atoms with Gasteiger partial charge in [-0.1, -0.05) is 0 Å². The van der Waals surface area contributed by atoms with E-state index in [0.717, 1.165) is 62.4 Å². The van der Waals surface area contributed by atoms with E-state index in [4.69, 9.17) is 0 Å². The number of nitrogens with zero attached hydrogens (tertiary/aromatic N) is 6. The summed E-state index contributed by atoms with van der Waals surface area (Å²) in [5.41, 5.74) is 2.05. The van der Waals surface area contributed by atoms with Crippen molar-refractivity contribution in [2.75, 3.05) is 37.6 Å². The molecule has 1 aromatic carbocycles. The predicted octanol–water partition coefficient (Wildman–Crippen LogP) is 1.83. The van der Waals surface area contributed by atoms with E-state index in [1.165, 1.54) is 12.8 Å². The first-order valence-corrected chi connectivity index (χ1v) is 10.2. The van der Waals surface area contributed by atoms with Gasteiger partial charge in [0.15, 0.2) is 0 Å². The smallest absolute Gasteiger partial charge is 0.261 e. The lowest BCUT2D eigenvalue weighted by Crippen LogP contribution is -2.47. The Morgan fingerprint density at radius 1 is 1.07 bits per heavy atom. The molecule has 1 saturated heterocycles. The molecule has 0 bridgehead atoms. The normalized spacial score (nSPS) is 18.1. The van der Waals surface area contributed by atoms with Crippen molar-refractivity contribution in [3.8, 4) is 0 Å². The summed E-state index contributed by atoms with van der Waals surface area (Å²) in [4.78, 5) is 22.1. The van der Waals surface area contributed by atoms with Crippen LogP contribution in [0, 0.1) is 5.92 Å². The first-order valence-electron chi connectivity index (χ1n) is 10.2. The van der Waals surface area contributed by atoms with Crippen molar-refractivity contribution in [2.24, 2.45) is 5.92 Å². The Hall–Kier alpha value is -2.67. The number of piperazine rings is 1. The first kappa shape index (κ1) is 17.4. The van der Waals surface area contributed by atoms with Crippen molar-refractivity contribution in [1.82, 2.24) is 24.2 Å². The van der Waals surface area contributed by atoms with Crippen molar-refractivity contribution >= 4 is 16.6 Å². The molecule has 7 nitrogen and oxygen atoms in total. The summed E-state index contributed by atoms with van der Waals surface area (Å²) in [6.45, 7) is 6.82. The van der Waals surface area contributed by atoms with Gasteiger partial charge in [-0.2, -0.15) is 5.10 Å². The topological polar surface area (TPSA) is 59.2 Å². The third-order valence-corrected chi connectivity index (χ3v) is 5.90. The summed E-state index contributed by atoms with van der Waals surface area (Å²) in [7, 11) is 0. The van der Waals surface area contributed by atoms with Crippen LogP contribution < -0.4 is 10.5 Å². The minimum absolute atomic E-state index is 0.0897. The molecule has 2 fully saturated rings. The second kappa shape index (κ2) is 7.39. The van der Waals surface area contributed by atoms with Gasteiger partial charge in [0, 0.05) is 57.3 Å². The largest absolute Gasteiger partial charge is 0.369 e. The molecule has 0 spiro atoms. The number of hydrogen-bond donors (Lipinski definition) is 0. The van der Waals surface area contributed by atoms with Crippen LogP contribution in [0.2, 0.25) is 0 Å². The molecule has 1 aliphatic carbocycles. The van der Waals surface area contributed by atoms with E-state index in [0.29, 0.717) is 5.92 Å². The average molecular weight is 378 g/mol. The maximum Gasteiger partial charge on any atom is 0.261 e. The molecule has 1 saturated carbocycles. The second-order valence-electron chi connectivity index (χ2n) is 7.94. The standard InChI is InChI=1S/C21H26N6O/c28-21-19-5-4-18(14-20(19)22-16-26(21)15-17-2-3-17)25-11-8-24(9-12-25)10-13-27-7-1-6-23-27/h1,4-7,14,16-17H,2-3,8-13,15H2. The van der Waals surface area contributed by atoms with Gasteiger partial charge in [-0.25, -0.2) is 4.98 Å². The van der Waals surface area contributed by atoms with Gasteiger partial charge in [0.1, 0.15) is 0 Å². The highest BCUT2D eigenvalue weighted by Crippen LogP contribution is 2.30. The van der Waals surface area contributed by atoms with E-state index in [-0.39, 0.29) is 5.56 Å². The molecule has 28 heavy (non-hydrogen) atoms. The van der Waals surface area contributed by atoms with Gasteiger partial charge < -0.3 is 4.90 Å². The zero-order valence-electron chi connectivity index (χ0n) is 16.1. The summed E-state index contributed by atoms with van der Waals surface area (Å²) in [6, 6.07) is 8.06. The highest BCUT2D eigenvalue weighted by molar-refractivity contribution is 5.81. The monoisotopic (exact) mass is 378 g/mol. The number of benzene rings is 1. The van der Waals surface area contributed by atoms with E-state index in [2.05, 4.69) is 32.0 Å². The van der Waals surface area contributed by atoms with E-state index >= 15 is 0 Å². The van der Waals surface area contributed by atoms with Crippen LogP contribution in [-0.4, -0.2) is 57.0 Å². The molecule has 0 radical (unpaired) electrons. The van der Waals surface area contributed by atoms with Crippen LogP contribution in [0.3, 0.4) is 0 Å². The van der Waals surface area contributed by atoms with Crippen LogP contribution in [0.25, 0.3) is 10.9 Å². The highest BCUT2D eigenvalue weighted by Gasteiger charge is 2.23. The maximum absolute atomic E-state index is 12.7.